The van der Waals surface area contributed by atoms with Crippen molar-refractivity contribution in [3.05, 3.63) is 101 Å². The highest BCUT2D eigenvalue weighted by atomic mass is 35.5. The molecule has 0 atom stereocenters. The van der Waals surface area contributed by atoms with Gasteiger partial charge in [0, 0.05) is 17.6 Å². The van der Waals surface area contributed by atoms with Crippen LogP contribution in [0.4, 0.5) is 0 Å². The molecule has 1 aromatic heterocycles. The summed E-state index contributed by atoms with van der Waals surface area (Å²) in [5.41, 5.74) is 1.88. The third-order valence-electron chi connectivity index (χ3n) is 3.77. The minimum absolute atomic E-state index is 0.0971. The van der Waals surface area contributed by atoms with Gasteiger partial charge in [-0.1, -0.05) is 60.1 Å². The van der Waals surface area contributed by atoms with Gasteiger partial charge in [0.25, 0.3) is 0 Å². The number of rotatable bonds is 6. The van der Waals surface area contributed by atoms with Gasteiger partial charge in [0.15, 0.2) is 0 Å². The van der Waals surface area contributed by atoms with Gasteiger partial charge in [-0.2, -0.15) is 0 Å². The van der Waals surface area contributed by atoms with Gasteiger partial charge < -0.3 is 9.32 Å². The van der Waals surface area contributed by atoms with E-state index in [1.165, 1.54) is 0 Å². The summed E-state index contributed by atoms with van der Waals surface area (Å²) < 4.78 is 5.39. The molecule has 0 bridgehead atoms. The number of benzene rings is 2. The molecule has 0 radical (unpaired) electrons. The number of furan rings is 1. The Morgan fingerprint density at radius 3 is 2.44 bits per heavy atom. The molecule has 0 aliphatic heterocycles. The van der Waals surface area contributed by atoms with Crippen molar-refractivity contribution in [3.8, 4) is 0 Å². The van der Waals surface area contributed by atoms with Crippen LogP contribution >= 0.6 is 11.6 Å². The number of hydrogen-bond donors (Lipinski definition) is 0. The van der Waals surface area contributed by atoms with Crippen LogP contribution in [0.5, 0.6) is 0 Å². The summed E-state index contributed by atoms with van der Waals surface area (Å²) in [6, 6.07) is 21.0. The van der Waals surface area contributed by atoms with Crippen molar-refractivity contribution >= 4 is 23.6 Å². The van der Waals surface area contributed by atoms with Crippen LogP contribution in [0.1, 0.15) is 16.9 Å². The predicted octanol–water partition coefficient (Wildman–Crippen LogP) is 5.18. The molecule has 3 rings (SSSR count). The molecule has 0 saturated carbocycles. The van der Waals surface area contributed by atoms with Crippen LogP contribution in [0.15, 0.2) is 83.5 Å². The van der Waals surface area contributed by atoms with Gasteiger partial charge in [-0.05, 0) is 35.4 Å². The highest BCUT2D eigenvalue weighted by Crippen LogP contribution is 2.17. The molecular weight excluding hydrogens is 334 g/mol. The normalized spacial score (nSPS) is 10.9. The Labute approximate surface area is 152 Å². The molecule has 1 amide bonds. The quantitative estimate of drug-likeness (QED) is 0.574. The van der Waals surface area contributed by atoms with Gasteiger partial charge in [0.05, 0.1) is 12.8 Å². The summed E-state index contributed by atoms with van der Waals surface area (Å²) >= 11 is 6.14. The van der Waals surface area contributed by atoms with Crippen LogP contribution in [-0.2, 0) is 17.9 Å². The third-order valence-corrected chi connectivity index (χ3v) is 4.11. The lowest BCUT2D eigenvalue weighted by Gasteiger charge is -2.20. The first-order valence-electron chi connectivity index (χ1n) is 8.00. The molecule has 0 N–H and O–H groups in total. The molecule has 4 heteroatoms. The van der Waals surface area contributed by atoms with Gasteiger partial charge in [-0.3, -0.25) is 4.79 Å². The smallest absolute Gasteiger partial charge is 0.247 e. The molecule has 1 heterocycles. The third kappa shape index (κ3) is 4.85. The van der Waals surface area contributed by atoms with E-state index < -0.39 is 0 Å². The SMILES string of the molecule is O=C(/C=C/c1ccccc1Cl)N(Cc1ccccc1)Cc1ccco1. The number of carbonyl (C=O) groups excluding carboxylic acids is 1. The maximum Gasteiger partial charge on any atom is 0.247 e. The molecule has 0 aliphatic rings. The van der Waals surface area contributed by atoms with Crippen LogP contribution in [0.3, 0.4) is 0 Å². The molecule has 126 valence electrons. The van der Waals surface area contributed by atoms with Crippen LogP contribution in [0.2, 0.25) is 5.02 Å². The minimum Gasteiger partial charge on any atom is -0.467 e. The van der Waals surface area contributed by atoms with Gasteiger partial charge in [-0.15, -0.1) is 0 Å². The second-order valence-corrected chi connectivity index (χ2v) is 6.02. The standard InChI is InChI=1S/C21H18ClNO2/c22-20-11-5-4-9-18(20)12-13-21(24)23(16-19-10-6-14-25-19)15-17-7-2-1-3-8-17/h1-14H,15-16H2/b13-12+. The zero-order chi connectivity index (χ0) is 17.5. The Balaban J connectivity index is 1.77. The maximum atomic E-state index is 12.7. The van der Waals surface area contributed by atoms with E-state index in [0.29, 0.717) is 18.1 Å². The predicted molar refractivity (Wildman–Crippen MR) is 99.9 cm³/mol. The van der Waals surface area contributed by atoms with Gasteiger partial charge in [0.2, 0.25) is 5.91 Å². The second-order valence-electron chi connectivity index (χ2n) is 5.61. The number of carbonyl (C=O) groups is 1. The van der Waals surface area contributed by atoms with E-state index >= 15 is 0 Å². The Kier molecular flexibility index (Phi) is 5.70. The largest absolute Gasteiger partial charge is 0.467 e. The van der Waals surface area contributed by atoms with Crippen LogP contribution < -0.4 is 0 Å². The number of amides is 1. The van der Waals surface area contributed by atoms with E-state index in [0.717, 1.165) is 16.9 Å². The molecule has 25 heavy (non-hydrogen) atoms. The maximum absolute atomic E-state index is 12.7. The number of halogens is 1. The molecule has 0 unspecified atom stereocenters. The van der Waals surface area contributed by atoms with Crippen molar-refractivity contribution in [2.75, 3.05) is 0 Å². The van der Waals surface area contributed by atoms with E-state index in [1.807, 2.05) is 60.7 Å². The molecular formula is C21H18ClNO2. The van der Waals surface area contributed by atoms with Crippen LogP contribution in [0, 0.1) is 0 Å². The second kappa shape index (κ2) is 8.36. The highest BCUT2D eigenvalue weighted by Gasteiger charge is 2.13. The van der Waals surface area contributed by atoms with Gasteiger partial charge in [0.1, 0.15) is 5.76 Å². The van der Waals surface area contributed by atoms with E-state index in [9.17, 15) is 4.79 Å². The molecule has 0 fully saturated rings. The van der Waals surface area contributed by atoms with Crippen LogP contribution in [0.25, 0.3) is 6.08 Å². The lowest BCUT2D eigenvalue weighted by molar-refractivity contribution is -0.127. The average molecular weight is 352 g/mol. The molecule has 0 aliphatic carbocycles. The molecule has 0 spiro atoms. The lowest BCUT2D eigenvalue weighted by atomic mass is 10.2. The van der Waals surface area contributed by atoms with Crippen molar-refractivity contribution in [2.24, 2.45) is 0 Å². The van der Waals surface area contributed by atoms with Crippen LogP contribution in [-0.4, -0.2) is 10.8 Å². The first kappa shape index (κ1) is 17.1. The van der Waals surface area contributed by atoms with Crippen molar-refractivity contribution in [1.29, 1.82) is 0 Å². The summed E-state index contributed by atoms with van der Waals surface area (Å²) in [7, 11) is 0. The Bertz CT molecular complexity index is 841. The Morgan fingerprint density at radius 1 is 0.960 bits per heavy atom. The monoisotopic (exact) mass is 351 g/mol. The lowest BCUT2D eigenvalue weighted by Crippen LogP contribution is -2.28. The number of hydrogen-bond acceptors (Lipinski definition) is 2. The van der Waals surface area contributed by atoms with Crippen molar-refractivity contribution in [2.45, 2.75) is 13.1 Å². The minimum atomic E-state index is -0.0971. The first-order valence-corrected chi connectivity index (χ1v) is 8.38. The Morgan fingerprint density at radius 2 is 1.72 bits per heavy atom. The first-order chi connectivity index (χ1) is 12.2. The summed E-state index contributed by atoms with van der Waals surface area (Å²) in [5, 5.41) is 0.618. The molecule has 0 saturated heterocycles. The van der Waals surface area contributed by atoms with E-state index in [4.69, 9.17) is 16.0 Å². The van der Waals surface area contributed by atoms with Gasteiger partial charge >= 0.3 is 0 Å². The van der Waals surface area contributed by atoms with Gasteiger partial charge in [-0.25, -0.2) is 0 Å². The van der Waals surface area contributed by atoms with E-state index in [-0.39, 0.29) is 5.91 Å². The summed E-state index contributed by atoms with van der Waals surface area (Å²) in [4.78, 5) is 14.5. The fraction of sp³-hybridized carbons (Fsp3) is 0.0952. The van der Waals surface area contributed by atoms with E-state index in [1.54, 1.807) is 29.4 Å². The zero-order valence-corrected chi connectivity index (χ0v) is 14.4. The van der Waals surface area contributed by atoms with Crippen molar-refractivity contribution < 1.29 is 9.21 Å². The fourth-order valence-corrected chi connectivity index (χ4v) is 2.68. The van der Waals surface area contributed by atoms with Crippen molar-refractivity contribution in [1.82, 2.24) is 4.90 Å². The average Bonchev–Trinajstić information content (AvgIpc) is 3.14. The Hall–Kier alpha value is -2.78. The molecule has 2 aromatic carbocycles. The van der Waals surface area contributed by atoms with Crippen molar-refractivity contribution in [3.63, 3.8) is 0 Å². The van der Waals surface area contributed by atoms with E-state index in [2.05, 4.69) is 0 Å². The number of nitrogens with zero attached hydrogens (tertiary/aromatic N) is 1. The summed E-state index contributed by atoms with van der Waals surface area (Å²) in [6.45, 7) is 0.917. The molecule has 3 nitrogen and oxygen atoms in total. The fourth-order valence-electron chi connectivity index (χ4n) is 2.48. The zero-order valence-electron chi connectivity index (χ0n) is 13.6. The topological polar surface area (TPSA) is 33.5 Å². The summed E-state index contributed by atoms with van der Waals surface area (Å²) in [5.74, 6) is 0.649. The molecule has 3 aromatic rings. The summed E-state index contributed by atoms with van der Waals surface area (Å²) in [6.07, 6.45) is 4.90. The highest BCUT2D eigenvalue weighted by molar-refractivity contribution is 6.32.